The SMILES string of the molecule is CCOC(=O)c1cc(-c2ccccc2)sc1NC(=O)C[n+]1cccc(C)c1C. The number of nitrogens with zero attached hydrogens (tertiary/aromatic N) is 1. The number of esters is 1. The van der Waals surface area contributed by atoms with Crippen molar-refractivity contribution in [3.05, 3.63) is 71.5 Å². The molecule has 0 aliphatic carbocycles. The Kier molecular flexibility index (Phi) is 6.21. The molecule has 0 spiro atoms. The van der Waals surface area contributed by atoms with Crippen LogP contribution < -0.4 is 9.88 Å². The second-order valence-electron chi connectivity index (χ2n) is 6.39. The van der Waals surface area contributed by atoms with Crippen molar-refractivity contribution in [1.29, 1.82) is 0 Å². The highest BCUT2D eigenvalue weighted by Gasteiger charge is 2.21. The number of benzene rings is 1. The minimum atomic E-state index is -0.435. The summed E-state index contributed by atoms with van der Waals surface area (Å²) in [6, 6.07) is 15.5. The molecule has 5 nitrogen and oxygen atoms in total. The summed E-state index contributed by atoms with van der Waals surface area (Å²) >= 11 is 1.37. The first-order valence-corrected chi connectivity index (χ1v) is 9.93. The average Bonchev–Trinajstić information content (AvgIpc) is 3.10. The zero-order chi connectivity index (χ0) is 20.1. The molecule has 1 aromatic carbocycles. The fraction of sp³-hybridized carbons (Fsp3) is 0.227. The number of aryl methyl sites for hydroxylation is 1. The smallest absolute Gasteiger partial charge is 0.341 e. The van der Waals surface area contributed by atoms with Gasteiger partial charge >= 0.3 is 5.97 Å². The lowest BCUT2D eigenvalue weighted by Crippen LogP contribution is -2.43. The molecule has 0 unspecified atom stereocenters. The molecule has 144 valence electrons. The lowest BCUT2D eigenvalue weighted by Gasteiger charge is -2.06. The number of carbonyl (C=O) groups excluding carboxylic acids is 2. The monoisotopic (exact) mass is 395 g/mol. The maximum absolute atomic E-state index is 12.6. The van der Waals surface area contributed by atoms with E-state index in [1.807, 2.05) is 67.1 Å². The molecule has 0 atom stereocenters. The van der Waals surface area contributed by atoms with E-state index in [-0.39, 0.29) is 19.1 Å². The Morgan fingerprint density at radius 2 is 1.86 bits per heavy atom. The molecular weight excluding hydrogens is 372 g/mol. The van der Waals surface area contributed by atoms with E-state index in [0.29, 0.717) is 10.6 Å². The number of hydrogen-bond donors (Lipinski definition) is 1. The zero-order valence-electron chi connectivity index (χ0n) is 16.2. The zero-order valence-corrected chi connectivity index (χ0v) is 17.0. The predicted octanol–water partition coefficient (Wildman–Crippen LogP) is 4.13. The van der Waals surface area contributed by atoms with Crippen molar-refractivity contribution in [3.8, 4) is 10.4 Å². The highest BCUT2D eigenvalue weighted by Crippen LogP contribution is 2.35. The fourth-order valence-corrected chi connectivity index (χ4v) is 3.90. The van der Waals surface area contributed by atoms with Gasteiger partial charge in [0, 0.05) is 23.4 Å². The third-order valence-electron chi connectivity index (χ3n) is 4.47. The molecule has 3 rings (SSSR count). The van der Waals surface area contributed by atoms with Gasteiger partial charge in [-0.2, -0.15) is 4.57 Å². The van der Waals surface area contributed by atoms with Gasteiger partial charge in [0.15, 0.2) is 11.9 Å². The number of nitrogens with one attached hydrogen (secondary N) is 1. The van der Waals surface area contributed by atoms with Crippen molar-refractivity contribution in [2.75, 3.05) is 11.9 Å². The molecule has 1 N–H and O–H groups in total. The maximum Gasteiger partial charge on any atom is 0.341 e. The summed E-state index contributed by atoms with van der Waals surface area (Å²) < 4.78 is 7.05. The van der Waals surface area contributed by atoms with E-state index in [2.05, 4.69) is 5.32 Å². The van der Waals surface area contributed by atoms with Crippen LogP contribution in [0.25, 0.3) is 10.4 Å². The molecule has 2 heterocycles. The Bertz CT molecular complexity index is 996. The molecule has 0 aliphatic heterocycles. The molecule has 0 fully saturated rings. The van der Waals surface area contributed by atoms with E-state index in [4.69, 9.17) is 4.74 Å². The van der Waals surface area contributed by atoms with Gasteiger partial charge in [-0.15, -0.1) is 11.3 Å². The Morgan fingerprint density at radius 1 is 1.11 bits per heavy atom. The number of thiophene rings is 1. The minimum absolute atomic E-state index is 0.175. The van der Waals surface area contributed by atoms with Gasteiger partial charge in [-0.1, -0.05) is 30.3 Å². The van der Waals surface area contributed by atoms with E-state index in [9.17, 15) is 9.59 Å². The standard InChI is InChI=1S/C22H22N2O3S/c1-4-27-22(26)18-13-19(17-10-6-5-7-11-17)28-21(18)23-20(25)14-24-12-8-9-15(2)16(24)3/h5-13H,4,14H2,1-3H3/p+1. The lowest BCUT2D eigenvalue weighted by molar-refractivity contribution is -0.690. The number of pyridine rings is 1. The quantitative estimate of drug-likeness (QED) is 0.504. The fourth-order valence-electron chi connectivity index (χ4n) is 2.83. The first-order chi connectivity index (χ1) is 13.5. The van der Waals surface area contributed by atoms with E-state index in [1.165, 1.54) is 11.3 Å². The number of anilines is 1. The molecule has 0 saturated heterocycles. The van der Waals surface area contributed by atoms with Crippen LogP contribution in [0, 0.1) is 13.8 Å². The highest BCUT2D eigenvalue weighted by atomic mass is 32.1. The summed E-state index contributed by atoms with van der Waals surface area (Å²) in [5.74, 6) is -0.624. The summed E-state index contributed by atoms with van der Waals surface area (Å²) in [6.45, 7) is 6.20. The summed E-state index contributed by atoms with van der Waals surface area (Å²) in [4.78, 5) is 25.9. The van der Waals surface area contributed by atoms with Gasteiger partial charge < -0.3 is 10.1 Å². The molecule has 28 heavy (non-hydrogen) atoms. The Hall–Kier alpha value is -2.99. The summed E-state index contributed by atoms with van der Waals surface area (Å²) in [7, 11) is 0. The van der Waals surface area contributed by atoms with Crippen LogP contribution in [0.15, 0.2) is 54.7 Å². The van der Waals surface area contributed by atoms with E-state index < -0.39 is 5.97 Å². The van der Waals surface area contributed by atoms with Gasteiger partial charge in [0.2, 0.25) is 6.54 Å². The first kappa shape index (κ1) is 19.8. The number of carbonyl (C=O) groups is 2. The summed E-state index contributed by atoms with van der Waals surface area (Å²) in [5.41, 5.74) is 3.51. The van der Waals surface area contributed by atoms with Gasteiger partial charge in [-0.25, -0.2) is 4.79 Å². The third-order valence-corrected chi connectivity index (χ3v) is 5.57. The van der Waals surface area contributed by atoms with Crippen LogP contribution in [0.1, 0.15) is 28.5 Å². The Morgan fingerprint density at radius 3 is 2.57 bits per heavy atom. The van der Waals surface area contributed by atoms with Gasteiger partial charge in [0.25, 0.3) is 5.91 Å². The molecule has 1 amide bonds. The van der Waals surface area contributed by atoms with Crippen molar-refractivity contribution >= 4 is 28.2 Å². The van der Waals surface area contributed by atoms with Crippen molar-refractivity contribution in [3.63, 3.8) is 0 Å². The highest BCUT2D eigenvalue weighted by molar-refractivity contribution is 7.20. The molecule has 6 heteroatoms. The van der Waals surface area contributed by atoms with Crippen LogP contribution in [0.3, 0.4) is 0 Å². The molecular formula is C22H23N2O3S+. The van der Waals surface area contributed by atoms with Crippen LogP contribution in [0.2, 0.25) is 0 Å². The number of ether oxygens (including phenoxy) is 1. The van der Waals surface area contributed by atoms with Crippen LogP contribution in [-0.4, -0.2) is 18.5 Å². The Labute approximate surface area is 168 Å². The lowest BCUT2D eigenvalue weighted by atomic mass is 10.1. The first-order valence-electron chi connectivity index (χ1n) is 9.11. The van der Waals surface area contributed by atoms with Crippen LogP contribution in [-0.2, 0) is 16.1 Å². The summed E-state index contributed by atoms with van der Waals surface area (Å²) in [6.07, 6.45) is 1.87. The van der Waals surface area contributed by atoms with Crippen molar-refractivity contribution < 1.29 is 18.9 Å². The van der Waals surface area contributed by atoms with E-state index in [0.717, 1.165) is 21.7 Å². The van der Waals surface area contributed by atoms with Crippen LogP contribution in [0.4, 0.5) is 5.00 Å². The second kappa shape index (κ2) is 8.80. The van der Waals surface area contributed by atoms with Crippen molar-refractivity contribution in [2.24, 2.45) is 0 Å². The predicted molar refractivity (Wildman–Crippen MR) is 110 cm³/mol. The van der Waals surface area contributed by atoms with Crippen LogP contribution in [0.5, 0.6) is 0 Å². The van der Waals surface area contributed by atoms with Gasteiger partial charge in [0.05, 0.1) is 12.2 Å². The minimum Gasteiger partial charge on any atom is -0.462 e. The van der Waals surface area contributed by atoms with Gasteiger partial charge in [-0.3, -0.25) is 4.79 Å². The van der Waals surface area contributed by atoms with E-state index in [1.54, 1.807) is 13.0 Å². The number of amides is 1. The normalized spacial score (nSPS) is 10.5. The largest absolute Gasteiger partial charge is 0.462 e. The van der Waals surface area contributed by atoms with E-state index >= 15 is 0 Å². The van der Waals surface area contributed by atoms with Crippen LogP contribution >= 0.6 is 11.3 Å². The number of rotatable bonds is 6. The molecule has 0 saturated carbocycles. The molecule has 3 aromatic rings. The summed E-state index contributed by atoms with van der Waals surface area (Å²) in [5, 5.41) is 3.40. The number of hydrogen-bond acceptors (Lipinski definition) is 4. The van der Waals surface area contributed by atoms with Gasteiger partial charge in [-0.05, 0) is 31.5 Å². The molecule has 2 aromatic heterocycles. The van der Waals surface area contributed by atoms with Gasteiger partial charge in [0.1, 0.15) is 5.00 Å². The Balaban J connectivity index is 1.87. The topological polar surface area (TPSA) is 59.3 Å². The number of aromatic nitrogens is 1. The van der Waals surface area contributed by atoms with Crippen molar-refractivity contribution in [1.82, 2.24) is 0 Å². The third kappa shape index (κ3) is 4.46. The molecule has 0 radical (unpaired) electrons. The van der Waals surface area contributed by atoms with Crippen molar-refractivity contribution in [2.45, 2.75) is 27.3 Å². The average molecular weight is 396 g/mol. The maximum atomic E-state index is 12.6. The molecule has 0 aliphatic rings. The molecule has 0 bridgehead atoms. The second-order valence-corrected chi connectivity index (χ2v) is 7.44.